The summed E-state index contributed by atoms with van der Waals surface area (Å²) in [6, 6.07) is -2.16. The van der Waals surface area contributed by atoms with Crippen LogP contribution in [0.2, 0.25) is 0 Å². The highest BCUT2D eigenvalue weighted by molar-refractivity contribution is 5.90. The lowest BCUT2D eigenvalue weighted by Crippen LogP contribution is -2.54. The Morgan fingerprint density at radius 1 is 1.12 bits per heavy atom. The first-order chi connectivity index (χ1) is 15.9. The van der Waals surface area contributed by atoms with Gasteiger partial charge in [-0.1, -0.05) is 0 Å². The average molecular weight is 487 g/mol. The van der Waals surface area contributed by atoms with Gasteiger partial charge in [-0.05, 0) is 59.4 Å². The molecule has 1 rings (SSSR count). The van der Waals surface area contributed by atoms with E-state index in [0.717, 1.165) is 7.11 Å². The minimum Gasteiger partial charge on any atom is -0.481 e. The number of amides is 3. The second-order valence-electron chi connectivity index (χ2n) is 9.29. The van der Waals surface area contributed by atoms with Crippen LogP contribution in [0.1, 0.15) is 59.3 Å². The molecule has 1 aliphatic rings. The molecule has 3 atom stereocenters. The molecule has 12 nitrogen and oxygen atoms in total. The minimum atomic E-state index is -1.32. The number of unbranched alkanes of at least 4 members (excludes halogenated alkanes) is 1. The van der Waals surface area contributed by atoms with Crippen LogP contribution >= 0.6 is 0 Å². The number of carbonyl (C=O) groups excluding carboxylic acids is 4. The van der Waals surface area contributed by atoms with Gasteiger partial charge in [0.2, 0.25) is 11.8 Å². The summed E-state index contributed by atoms with van der Waals surface area (Å²) in [6.45, 7) is 6.10. The number of hydrogen-bond acceptors (Lipinski definition) is 8. The molecule has 1 fully saturated rings. The molecule has 194 valence electrons. The number of alkyl carbamates (subject to hydrolysis) is 1. The van der Waals surface area contributed by atoms with Gasteiger partial charge in [0.25, 0.3) is 0 Å². The van der Waals surface area contributed by atoms with Crippen LogP contribution in [-0.4, -0.2) is 84.3 Å². The SMILES string of the molecule is COC(=O)[C@H](CC(=O)O)NC(=O)C1CCCN(C(=O)[C@H](CCCCN)NC(=O)OC(C)(C)C)C1. The zero-order valence-electron chi connectivity index (χ0n) is 20.4. The summed E-state index contributed by atoms with van der Waals surface area (Å²) in [7, 11) is 1.10. The maximum absolute atomic E-state index is 13.2. The summed E-state index contributed by atoms with van der Waals surface area (Å²) in [5.74, 6) is -3.63. The van der Waals surface area contributed by atoms with Crippen molar-refractivity contribution in [2.75, 3.05) is 26.7 Å². The normalized spacial score (nSPS) is 17.8. The fourth-order valence-electron chi connectivity index (χ4n) is 3.61. The third-order valence-corrected chi connectivity index (χ3v) is 5.22. The van der Waals surface area contributed by atoms with Crippen LogP contribution in [0.25, 0.3) is 0 Å². The molecule has 0 aromatic rings. The zero-order valence-corrected chi connectivity index (χ0v) is 20.4. The molecule has 12 heteroatoms. The van der Waals surface area contributed by atoms with Crippen molar-refractivity contribution in [3.63, 3.8) is 0 Å². The minimum absolute atomic E-state index is 0.0784. The van der Waals surface area contributed by atoms with Crippen LogP contribution in [0.15, 0.2) is 0 Å². The van der Waals surface area contributed by atoms with Gasteiger partial charge in [-0.3, -0.25) is 14.4 Å². The van der Waals surface area contributed by atoms with Gasteiger partial charge < -0.3 is 35.8 Å². The molecule has 1 aliphatic heterocycles. The summed E-state index contributed by atoms with van der Waals surface area (Å²) < 4.78 is 9.85. The zero-order chi connectivity index (χ0) is 25.9. The number of nitrogens with one attached hydrogen (secondary N) is 2. The molecule has 0 aromatic carbocycles. The van der Waals surface area contributed by atoms with Crippen LogP contribution < -0.4 is 16.4 Å². The number of carboxylic acids is 1. The van der Waals surface area contributed by atoms with Crippen molar-refractivity contribution >= 4 is 29.8 Å². The highest BCUT2D eigenvalue weighted by atomic mass is 16.6. The summed E-state index contributed by atoms with van der Waals surface area (Å²) in [6.07, 6.45) is 1.35. The van der Waals surface area contributed by atoms with E-state index in [4.69, 9.17) is 15.6 Å². The number of esters is 1. The van der Waals surface area contributed by atoms with E-state index in [1.807, 2.05) is 0 Å². The van der Waals surface area contributed by atoms with Crippen molar-refractivity contribution in [1.82, 2.24) is 15.5 Å². The smallest absolute Gasteiger partial charge is 0.408 e. The number of nitrogens with two attached hydrogens (primary N) is 1. The number of methoxy groups -OCH3 is 1. The first kappa shape index (κ1) is 29.1. The number of likely N-dealkylation sites (tertiary alicyclic amines) is 1. The molecule has 1 saturated heterocycles. The number of carboxylic acid groups (broad SMARTS) is 1. The van der Waals surface area contributed by atoms with Crippen LogP contribution in [0.3, 0.4) is 0 Å². The summed E-state index contributed by atoms with van der Waals surface area (Å²) in [4.78, 5) is 62.6. The third kappa shape index (κ3) is 10.4. The molecule has 1 unspecified atom stereocenters. The maximum atomic E-state index is 13.2. The van der Waals surface area contributed by atoms with Gasteiger partial charge in [-0.15, -0.1) is 0 Å². The van der Waals surface area contributed by atoms with E-state index in [0.29, 0.717) is 45.2 Å². The Hall–Kier alpha value is -2.89. The van der Waals surface area contributed by atoms with Gasteiger partial charge in [-0.25, -0.2) is 9.59 Å². The molecular weight excluding hydrogens is 448 g/mol. The van der Waals surface area contributed by atoms with E-state index in [2.05, 4.69) is 15.4 Å². The predicted octanol–water partition coefficient (Wildman–Crippen LogP) is 0.380. The number of rotatable bonds is 11. The Kier molecular flexibility index (Phi) is 11.8. The third-order valence-electron chi connectivity index (χ3n) is 5.22. The number of hydrogen-bond donors (Lipinski definition) is 4. The van der Waals surface area contributed by atoms with E-state index in [1.54, 1.807) is 20.8 Å². The first-order valence-corrected chi connectivity index (χ1v) is 11.5. The lowest BCUT2D eigenvalue weighted by Gasteiger charge is -2.35. The molecule has 34 heavy (non-hydrogen) atoms. The molecular formula is C22H38N4O8. The standard InChI is InChI=1S/C22H38N4O8/c1-22(2,3)34-21(32)25-15(9-5-6-10-23)19(30)26-11-7-8-14(13-26)18(29)24-16(12-17(27)28)20(31)33-4/h14-16H,5-13,23H2,1-4H3,(H,24,29)(H,25,32)(H,27,28)/t14?,15-,16-/m0/s1. The van der Waals surface area contributed by atoms with Crippen molar-refractivity contribution in [1.29, 1.82) is 0 Å². The Bertz CT molecular complexity index is 737. The lowest BCUT2D eigenvalue weighted by atomic mass is 9.95. The monoisotopic (exact) mass is 486 g/mol. The second kappa shape index (κ2) is 13.7. The predicted molar refractivity (Wildman–Crippen MR) is 122 cm³/mol. The van der Waals surface area contributed by atoms with E-state index in [-0.39, 0.29) is 12.5 Å². The Morgan fingerprint density at radius 2 is 1.79 bits per heavy atom. The quantitative estimate of drug-likeness (QED) is 0.237. The van der Waals surface area contributed by atoms with Crippen molar-refractivity contribution in [2.24, 2.45) is 11.7 Å². The van der Waals surface area contributed by atoms with Gasteiger partial charge in [-0.2, -0.15) is 0 Å². The number of piperidine rings is 1. The van der Waals surface area contributed by atoms with Gasteiger partial charge in [0.15, 0.2) is 0 Å². The summed E-state index contributed by atoms with van der Waals surface area (Å²) >= 11 is 0. The molecule has 0 radical (unpaired) electrons. The first-order valence-electron chi connectivity index (χ1n) is 11.5. The average Bonchev–Trinajstić information content (AvgIpc) is 2.75. The number of nitrogens with zero attached hydrogens (tertiary/aromatic N) is 1. The Morgan fingerprint density at radius 3 is 2.35 bits per heavy atom. The van der Waals surface area contributed by atoms with Crippen molar-refractivity contribution in [3.8, 4) is 0 Å². The summed E-state index contributed by atoms with van der Waals surface area (Å²) in [5, 5.41) is 14.0. The van der Waals surface area contributed by atoms with Gasteiger partial charge >= 0.3 is 18.0 Å². The molecule has 0 spiro atoms. The fourth-order valence-corrected chi connectivity index (χ4v) is 3.61. The molecule has 0 aromatic heterocycles. The fraction of sp³-hybridized carbons (Fsp3) is 0.773. The van der Waals surface area contributed by atoms with Crippen molar-refractivity contribution in [2.45, 2.75) is 77.0 Å². The second-order valence-corrected chi connectivity index (χ2v) is 9.29. The molecule has 0 bridgehead atoms. The van der Waals surface area contributed by atoms with E-state index >= 15 is 0 Å². The maximum Gasteiger partial charge on any atom is 0.408 e. The molecule has 1 heterocycles. The molecule has 3 amide bonds. The Balaban J connectivity index is 2.86. The van der Waals surface area contributed by atoms with Crippen molar-refractivity contribution < 1.29 is 38.6 Å². The van der Waals surface area contributed by atoms with Crippen molar-refractivity contribution in [3.05, 3.63) is 0 Å². The molecule has 0 saturated carbocycles. The number of carbonyl (C=O) groups is 5. The largest absolute Gasteiger partial charge is 0.481 e. The van der Waals surface area contributed by atoms with Gasteiger partial charge in [0.05, 0.1) is 19.4 Å². The molecule has 5 N–H and O–H groups in total. The Labute approximate surface area is 199 Å². The highest BCUT2D eigenvalue weighted by Gasteiger charge is 2.35. The number of aliphatic carboxylic acids is 1. The lowest BCUT2D eigenvalue weighted by molar-refractivity contribution is -0.150. The molecule has 0 aliphatic carbocycles. The van der Waals surface area contributed by atoms with E-state index in [9.17, 15) is 24.0 Å². The van der Waals surface area contributed by atoms with E-state index in [1.165, 1.54) is 4.90 Å². The van der Waals surface area contributed by atoms with Crippen LogP contribution in [-0.2, 0) is 28.7 Å². The summed E-state index contributed by atoms with van der Waals surface area (Å²) in [5.41, 5.74) is 4.82. The van der Waals surface area contributed by atoms with Crippen LogP contribution in [0.4, 0.5) is 4.79 Å². The van der Waals surface area contributed by atoms with Gasteiger partial charge in [0.1, 0.15) is 17.7 Å². The van der Waals surface area contributed by atoms with Gasteiger partial charge in [0, 0.05) is 13.1 Å². The topological polar surface area (TPSA) is 177 Å². The number of ether oxygens (including phenoxy) is 2. The van der Waals surface area contributed by atoms with Crippen LogP contribution in [0, 0.1) is 5.92 Å². The van der Waals surface area contributed by atoms with E-state index < -0.39 is 54.0 Å². The highest BCUT2D eigenvalue weighted by Crippen LogP contribution is 2.19. The van der Waals surface area contributed by atoms with Crippen LogP contribution in [0.5, 0.6) is 0 Å².